The number of benzene rings is 1. The van der Waals surface area contributed by atoms with Gasteiger partial charge in [-0.05, 0) is 50.6 Å². The summed E-state index contributed by atoms with van der Waals surface area (Å²) in [6.45, 7) is 6.25. The maximum Gasteiger partial charge on any atom is 0.184 e. The number of pyridine rings is 1. The molecule has 0 amide bonds. The molecule has 0 aliphatic heterocycles. The molecule has 0 aliphatic carbocycles. The number of nitrogens with zero attached hydrogens (tertiary/aromatic N) is 2. The number of sulfone groups is 1. The van der Waals surface area contributed by atoms with E-state index >= 15 is 0 Å². The summed E-state index contributed by atoms with van der Waals surface area (Å²) in [6, 6.07) is 10.8. The third kappa shape index (κ3) is 4.28. The van der Waals surface area contributed by atoms with Gasteiger partial charge < -0.3 is 5.32 Å². The third-order valence-corrected chi connectivity index (χ3v) is 5.76. The summed E-state index contributed by atoms with van der Waals surface area (Å²) >= 11 is 1.56. The van der Waals surface area contributed by atoms with E-state index < -0.39 is 9.84 Å². The predicted molar refractivity (Wildman–Crippen MR) is 107 cm³/mol. The number of aromatic nitrogens is 2. The Bertz CT molecular complexity index is 1000. The van der Waals surface area contributed by atoms with Gasteiger partial charge in [-0.15, -0.1) is 0 Å². The molecule has 1 N–H and O–H groups in total. The van der Waals surface area contributed by atoms with E-state index in [1.807, 2.05) is 24.3 Å². The highest BCUT2D eigenvalue weighted by molar-refractivity contribution is 7.90. The standard InChI is InChI=1S/C19H21N3O2S2/c1-19(2,3)22-18-21-16(13-9-11-20-12-10-13)17(25-18)14-5-7-15(8-6-14)26(4,23)24/h5-12H,1-4H3,(H,21,22). The van der Waals surface area contributed by atoms with Crippen LogP contribution in [0.4, 0.5) is 5.13 Å². The first kappa shape index (κ1) is 18.5. The lowest BCUT2D eigenvalue weighted by atomic mass is 10.1. The second kappa shape index (κ2) is 6.81. The second-order valence-electron chi connectivity index (χ2n) is 7.10. The van der Waals surface area contributed by atoms with Gasteiger partial charge in [-0.1, -0.05) is 23.5 Å². The molecule has 0 radical (unpaired) electrons. The Morgan fingerprint density at radius 3 is 2.12 bits per heavy atom. The molecule has 3 rings (SSSR count). The van der Waals surface area contributed by atoms with Gasteiger partial charge in [0.25, 0.3) is 0 Å². The summed E-state index contributed by atoms with van der Waals surface area (Å²) in [5.74, 6) is 0. The van der Waals surface area contributed by atoms with Crippen molar-refractivity contribution in [1.82, 2.24) is 9.97 Å². The molecule has 1 aromatic carbocycles. The lowest BCUT2D eigenvalue weighted by molar-refractivity contribution is 0.602. The Hall–Kier alpha value is -2.25. The zero-order valence-electron chi connectivity index (χ0n) is 15.1. The van der Waals surface area contributed by atoms with Crippen molar-refractivity contribution in [3.63, 3.8) is 0 Å². The van der Waals surface area contributed by atoms with Crippen molar-refractivity contribution < 1.29 is 8.42 Å². The highest BCUT2D eigenvalue weighted by Gasteiger charge is 2.19. The summed E-state index contributed by atoms with van der Waals surface area (Å²) in [5.41, 5.74) is 2.66. The van der Waals surface area contributed by atoms with Crippen LogP contribution >= 0.6 is 11.3 Å². The normalized spacial score (nSPS) is 12.2. The summed E-state index contributed by atoms with van der Waals surface area (Å²) in [6.07, 6.45) is 4.69. The van der Waals surface area contributed by atoms with Gasteiger partial charge in [-0.2, -0.15) is 0 Å². The fourth-order valence-electron chi connectivity index (χ4n) is 2.45. The molecule has 5 nitrogen and oxygen atoms in total. The quantitative estimate of drug-likeness (QED) is 0.714. The fraction of sp³-hybridized carbons (Fsp3) is 0.263. The maximum absolute atomic E-state index is 11.7. The van der Waals surface area contributed by atoms with Crippen LogP contribution in [0.1, 0.15) is 20.8 Å². The smallest absolute Gasteiger partial charge is 0.184 e. The summed E-state index contributed by atoms with van der Waals surface area (Å²) in [4.78, 5) is 10.1. The number of thiazole rings is 1. The molecule has 0 spiro atoms. The van der Waals surface area contributed by atoms with Crippen molar-refractivity contribution in [3.8, 4) is 21.7 Å². The molecule has 2 aromatic heterocycles. The minimum absolute atomic E-state index is 0.106. The zero-order chi connectivity index (χ0) is 18.9. The van der Waals surface area contributed by atoms with E-state index in [2.05, 4.69) is 31.1 Å². The van der Waals surface area contributed by atoms with Crippen molar-refractivity contribution in [1.29, 1.82) is 0 Å². The van der Waals surface area contributed by atoms with E-state index in [1.54, 1.807) is 35.9 Å². The molecule has 0 unspecified atom stereocenters. The number of hydrogen-bond donors (Lipinski definition) is 1. The van der Waals surface area contributed by atoms with Gasteiger partial charge in [-0.3, -0.25) is 4.98 Å². The lowest BCUT2D eigenvalue weighted by Gasteiger charge is -2.19. The van der Waals surface area contributed by atoms with Gasteiger partial charge >= 0.3 is 0 Å². The Kier molecular flexibility index (Phi) is 4.86. The van der Waals surface area contributed by atoms with Gasteiger partial charge in [0, 0.05) is 29.8 Å². The highest BCUT2D eigenvalue weighted by atomic mass is 32.2. The Labute approximate surface area is 158 Å². The number of anilines is 1. The number of hydrogen-bond acceptors (Lipinski definition) is 6. The number of nitrogens with one attached hydrogen (secondary N) is 1. The van der Waals surface area contributed by atoms with E-state index in [9.17, 15) is 8.42 Å². The van der Waals surface area contributed by atoms with Crippen LogP contribution in [-0.4, -0.2) is 30.2 Å². The first-order valence-electron chi connectivity index (χ1n) is 8.13. The van der Waals surface area contributed by atoms with Crippen LogP contribution in [0.5, 0.6) is 0 Å². The number of rotatable bonds is 4. The molecule has 0 saturated heterocycles. The summed E-state index contributed by atoms with van der Waals surface area (Å²) in [7, 11) is -3.22. The first-order chi connectivity index (χ1) is 12.1. The SMILES string of the molecule is CC(C)(C)Nc1nc(-c2ccncc2)c(-c2ccc(S(C)(=O)=O)cc2)s1. The van der Waals surface area contributed by atoms with E-state index in [4.69, 9.17) is 4.98 Å². The molecule has 26 heavy (non-hydrogen) atoms. The van der Waals surface area contributed by atoms with Crippen molar-refractivity contribution in [2.75, 3.05) is 11.6 Å². The second-order valence-corrected chi connectivity index (χ2v) is 10.1. The van der Waals surface area contributed by atoms with Crippen molar-refractivity contribution >= 4 is 26.3 Å². The molecule has 136 valence electrons. The van der Waals surface area contributed by atoms with Crippen LogP contribution in [0.25, 0.3) is 21.7 Å². The monoisotopic (exact) mass is 387 g/mol. The Balaban J connectivity index is 2.10. The molecule has 0 aliphatic rings. The molecule has 0 bridgehead atoms. The minimum Gasteiger partial charge on any atom is -0.357 e. The van der Waals surface area contributed by atoms with Gasteiger partial charge in [0.05, 0.1) is 15.5 Å². The lowest BCUT2D eigenvalue weighted by Crippen LogP contribution is -2.25. The minimum atomic E-state index is -3.22. The molecule has 3 aromatic rings. The van der Waals surface area contributed by atoms with Crippen LogP contribution in [0.15, 0.2) is 53.7 Å². The fourth-order valence-corrected chi connectivity index (χ4v) is 4.28. The van der Waals surface area contributed by atoms with Gasteiger partial charge in [0.15, 0.2) is 15.0 Å². The van der Waals surface area contributed by atoms with Crippen LogP contribution in [-0.2, 0) is 9.84 Å². The highest BCUT2D eigenvalue weighted by Crippen LogP contribution is 2.39. The van der Waals surface area contributed by atoms with Crippen LogP contribution in [0, 0.1) is 0 Å². The van der Waals surface area contributed by atoms with Crippen LogP contribution in [0.3, 0.4) is 0 Å². The van der Waals surface area contributed by atoms with Crippen LogP contribution in [0.2, 0.25) is 0 Å². The molecule has 0 fully saturated rings. The van der Waals surface area contributed by atoms with E-state index in [-0.39, 0.29) is 5.54 Å². The molecular weight excluding hydrogens is 366 g/mol. The molecule has 0 atom stereocenters. The summed E-state index contributed by atoms with van der Waals surface area (Å²) < 4.78 is 23.4. The first-order valence-corrected chi connectivity index (χ1v) is 10.8. The van der Waals surface area contributed by atoms with E-state index in [1.165, 1.54) is 6.26 Å². The Morgan fingerprint density at radius 1 is 0.962 bits per heavy atom. The summed E-state index contributed by atoms with van der Waals surface area (Å²) in [5, 5.41) is 4.24. The van der Waals surface area contributed by atoms with E-state index in [0.717, 1.165) is 26.8 Å². The van der Waals surface area contributed by atoms with Gasteiger partial charge in [-0.25, -0.2) is 13.4 Å². The average Bonchev–Trinajstić information content (AvgIpc) is 2.97. The maximum atomic E-state index is 11.7. The van der Waals surface area contributed by atoms with Crippen molar-refractivity contribution in [2.24, 2.45) is 0 Å². The van der Waals surface area contributed by atoms with Gasteiger partial charge in [0.1, 0.15) is 0 Å². The topological polar surface area (TPSA) is 72.0 Å². The van der Waals surface area contributed by atoms with Crippen molar-refractivity contribution in [2.45, 2.75) is 31.2 Å². The third-order valence-electron chi connectivity index (χ3n) is 3.61. The predicted octanol–water partition coefficient (Wildman–Crippen LogP) is 4.49. The molecule has 7 heteroatoms. The van der Waals surface area contributed by atoms with Crippen LogP contribution < -0.4 is 5.32 Å². The van der Waals surface area contributed by atoms with Gasteiger partial charge in [0.2, 0.25) is 0 Å². The molecule has 0 saturated carbocycles. The average molecular weight is 388 g/mol. The molecule has 2 heterocycles. The van der Waals surface area contributed by atoms with E-state index in [0.29, 0.717) is 4.90 Å². The van der Waals surface area contributed by atoms with Crippen molar-refractivity contribution in [3.05, 3.63) is 48.8 Å². The Morgan fingerprint density at radius 2 is 1.58 bits per heavy atom. The largest absolute Gasteiger partial charge is 0.357 e. The molecular formula is C19H21N3O2S2. The zero-order valence-corrected chi connectivity index (χ0v) is 16.8.